The zero-order valence-corrected chi connectivity index (χ0v) is 10.1. The van der Waals surface area contributed by atoms with Crippen LogP contribution in [0.25, 0.3) is 10.2 Å². The standard InChI is InChI=1S/C11H15N3OS/c1-15-6-3-2-5-12-10-9-4-7-16-11(9)14-8-13-10/h4,7-8H,2-3,5-6H2,1H3,(H,12,13,14). The molecule has 1 N–H and O–H groups in total. The monoisotopic (exact) mass is 237 g/mol. The molecular formula is C11H15N3OS. The predicted octanol–water partition coefficient (Wildman–Crippen LogP) is 2.53. The minimum Gasteiger partial charge on any atom is -0.385 e. The molecule has 2 rings (SSSR count). The van der Waals surface area contributed by atoms with E-state index in [1.54, 1.807) is 24.8 Å². The molecule has 0 atom stereocenters. The van der Waals surface area contributed by atoms with Gasteiger partial charge >= 0.3 is 0 Å². The van der Waals surface area contributed by atoms with E-state index in [1.165, 1.54) is 0 Å². The van der Waals surface area contributed by atoms with Gasteiger partial charge in [-0.3, -0.25) is 0 Å². The lowest BCUT2D eigenvalue weighted by atomic mass is 10.3. The fourth-order valence-corrected chi connectivity index (χ4v) is 2.24. The number of thiophene rings is 1. The Morgan fingerprint density at radius 1 is 1.38 bits per heavy atom. The molecule has 0 bridgehead atoms. The number of hydrogen-bond acceptors (Lipinski definition) is 5. The van der Waals surface area contributed by atoms with Crippen molar-refractivity contribution in [2.75, 3.05) is 25.6 Å². The molecule has 0 amide bonds. The molecule has 0 aliphatic rings. The highest BCUT2D eigenvalue weighted by atomic mass is 32.1. The zero-order chi connectivity index (χ0) is 11.2. The van der Waals surface area contributed by atoms with Gasteiger partial charge < -0.3 is 10.1 Å². The Labute approximate surface area is 98.7 Å². The number of unbranched alkanes of at least 4 members (excludes halogenated alkanes) is 1. The summed E-state index contributed by atoms with van der Waals surface area (Å²) in [6, 6.07) is 2.05. The molecule has 0 fully saturated rings. The van der Waals surface area contributed by atoms with Gasteiger partial charge in [0.25, 0.3) is 0 Å². The molecule has 0 aromatic carbocycles. The molecule has 0 saturated heterocycles. The van der Waals surface area contributed by atoms with Crippen molar-refractivity contribution < 1.29 is 4.74 Å². The van der Waals surface area contributed by atoms with Gasteiger partial charge in [0.1, 0.15) is 17.0 Å². The molecule has 2 aromatic heterocycles. The highest BCUT2D eigenvalue weighted by Crippen LogP contribution is 2.23. The Bertz CT molecular complexity index is 443. The van der Waals surface area contributed by atoms with Gasteiger partial charge in [-0.05, 0) is 24.3 Å². The van der Waals surface area contributed by atoms with Crippen molar-refractivity contribution in [3.8, 4) is 0 Å². The van der Waals surface area contributed by atoms with Gasteiger partial charge in [0.05, 0.1) is 5.39 Å². The van der Waals surface area contributed by atoms with Gasteiger partial charge in [0.15, 0.2) is 0 Å². The van der Waals surface area contributed by atoms with Crippen LogP contribution in [0.2, 0.25) is 0 Å². The van der Waals surface area contributed by atoms with Gasteiger partial charge in [0, 0.05) is 20.3 Å². The average Bonchev–Trinajstić information content (AvgIpc) is 2.77. The van der Waals surface area contributed by atoms with E-state index in [-0.39, 0.29) is 0 Å². The van der Waals surface area contributed by atoms with Crippen molar-refractivity contribution in [2.24, 2.45) is 0 Å². The van der Waals surface area contributed by atoms with E-state index in [1.807, 2.05) is 5.38 Å². The van der Waals surface area contributed by atoms with Crippen molar-refractivity contribution in [1.82, 2.24) is 9.97 Å². The molecule has 2 heterocycles. The summed E-state index contributed by atoms with van der Waals surface area (Å²) in [5, 5.41) is 6.48. The number of anilines is 1. The minimum atomic E-state index is 0.819. The second-order valence-corrected chi connectivity index (χ2v) is 4.38. The van der Waals surface area contributed by atoms with Gasteiger partial charge in [-0.25, -0.2) is 9.97 Å². The number of nitrogens with zero attached hydrogens (tertiary/aromatic N) is 2. The van der Waals surface area contributed by atoms with E-state index >= 15 is 0 Å². The molecule has 0 spiro atoms. The molecule has 5 heteroatoms. The van der Waals surface area contributed by atoms with Crippen molar-refractivity contribution in [1.29, 1.82) is 0 Å². The molecule has 0 radical (unpaired) electrons. The summed E-state index contributed by atoms with van der Waals surface area (Å²) in [6.45, 7) is 1.74. The summed E-state index contributed by atoms with van der Waals surface area (Å²) in [5.74, 6) is 0.934. The molecule has 0 aliphatic heterocycles. The van der Waals surface area contributed by atoms with Crippen molar-refractivity contribution >= 4 is 27.4 Å². The summed E-state index contributed by atoms with van der Waals surface area (Å²) in [5.41, 5.74) is 0. The van der Waals surface area contributed by atoms with Gasteiger partial charge in [-0.2, -0.15) is 0 Å². The zero-order valence-electron chi connectivity index (χ0n) is 9.27. The van der Waals surface area contributed by atoms with Gasteiger partial charge in [-0.15, -0.1) is 11.3 Å². The molecule has 86 valence electrons. The van der Waals surface area contributed by atoms with Crippen LogP contribution in [0.15, 0.2) is 17.8 Å². The lowest BCUT2D eigenvalue weighted by Gasteiger charge is -2.05. The van der Waals surface area contributed by atoms with Crippen LogP contribution in [-0.2, 0) is 4.74 Å². The predicted molar refractivity (Wildman–Crippen MR) is 67.0 cm³/mol. The van der Waals surface area contributed by atoms with Crippen LogP contribution in [0.5, 0.6) is 0 Å². The van der Waals surface area contributed by atoms with E-state index in [4.69, 9.17) is 4.74 Å². The molecule has 0 aliphatic carbocycles. The number of methoxy groups -OCH3 is 1. The summed E-state index contributed by atoms with van der Waals surface area (Å²) < 4.78 is 5.00. The van der Waals surface area contributed by atoms with E-state index in [0.29, 0.717) is 0 Å². The highest BCUT2D eigenvalue weighted by Gasteiger charge is 2.02. The fraction of sp³-hybridized carbons (Fsp3) is 0.455. The first kappa shape index (κ1) is 11.3. The quantitative estimate of drug-likeness (QED) is 0.784. The molecule has 4 nitrogen and oxygen atoms in total. The largest absolute Gasteiger partial charge is 0.385 e. The topological polar surface area (TPSA) is 47.0 Å². The summed E-state index contributed by atoms with van der Waals surface area (Å²) in [6.07, 6.45) is 3.77. The van der Waals surface area contributed by atoms with E-state index in [9.17, 15) is 0 Å². The van der Waals surface area contributed by atoms with E-state index in [0.717, 1.165) is 42.0 Å². The minimum absolute atomic E-state index is 0.819. The van der Waals surface area contributed by atoms with Gasteiger partial charge in [0.2, 0.25) is 0 Å². The Balaban J connectivity index is 1.91. The summed E-state index contributed by atoms with van der Waals surface area (Å²) in [4.78, 5) is 9.49. The number of aromatic nitrogens is 2. The third kappa shape index (κ3) is 2.68. The maximum absolute atomic E-state index is 5.00. The first-order chi connectivity index (χ1) is 7.92. The molecule has 0 unspecified atom stereocenters. The normalized spacial score (nSPS) is 10.8. The number of nitrogens with one attached hydrogen (secondary N) is 1. The fourth-order valence-electron chi connectivity index (χ4n) is 1.51. The third-order valence-electron chi connectivity index (χ3n) is 2.33. The Hall–Kier alpha value is -1.20. The number of rotatable bonds is 6. The number of fused-ring (bicyclic) bond motifs is 1. The summed E-state index contributed by atoms with van der Waals surface area (Å²) >= 11 is 1.64. The van der Waals surface area contributed by atoms with E-state index < -0.39 is 0 Å². The van der Waals surface area contributed by atoms with Crippen LogP contribution >= 0.6 is 11.3 Å². The van der Waals surface area contributed by atoms with E-state index in [2.05, 4.69) is 21.4 Å². The molecule has 16 heavy (non-hydrogen) atoms. The van der Waals surface area contributed by atoms with Crippen LogP contribution in [-0.4, -0.2) is 30.2 Å². The van der Waals surface area contributed by atoms with Crippen molar-refractivity contribution in [3.63, 3.8) is 0 Å². The maximum atomic E-state index is 5.00. The molecule has 2 aromatic rings. The maximum Gasteiger partial charge on any atom is 0.138 e. The SMILES string of the molecule is COCCCCNc1ncnc2sccc12. The average molecular weight is 237 g/mol. The van der Waals surface area contributed by atoms with Crippen molar-refractivity contribution in [3.05, 3.63) is 17.8 Å². The van der Waals surface area contributed by atoms with Crippen LogP contribution < -0.4 is 5.32 Å². The van der Waals surface area contributed by atoms with Crippen LogP contribution in [0.3, 0.4) is 0 Å². The van der Waals surface area contributed by atoms with Crippen molar-refractivity contribution in [2.45, 2.75) is 12.8 Å². The third-order valence-corrected chi connectivity index (χ3v) is 3.15. The lowest BCUT2D eigenvalue weighted by molar-refractivity contribution is 0.194. The highest BCUT2D eigenvalue weighted by molar-refractivity contribution is 7.16. The number of hydrogen-bond donors (Lipinski definition) is 1. The van der Waals surface area contributed by atoms with Crippen LogP contribution in [0.4, 0.5) is 5.82 Å². The lowest BCUT2D eigenvalue weighted by Crippen LogP contribution is -2.04. The number of ether oxygens (including phenoxy) is 1. The second-order valence-electron chi connectivity index (χ2n) is 3.49. The molecular weight excluding hydrogens is 222 g/mol. The first-order valence-corrected chi connectivity index (χ1v) is 6.21. The van der Waals surface area contributed by atoms with Gasteiger partial charge in [-0.1, -0.05) is 0 Å². The summed E-state index contributed by atoms with van der Waals surface area (Å²) in [7, 11) is 1.73. The van der Waals surface area contributed by atoms with Crippen LogP contribution in [0, 0.1) is 0 Å². The first-order valence-electron chi connectivity index (χ1n) is 5.33. The smallest absolute Gasteiger partial charge is 0.138 e. The Kier molecular flexibility index (Phi) is 4.07. The Morgan fingerprint density at radius 2 is 2.31 bits per heavy atom. The Morgan fingerprint density at radius 3 is 3.19 bits per heavy atom. The second kappa shape index (κ2) is 5.77. The molecule has 0 saturated carbocycles. The van der Waals surface area contributed by atoms with Crippen LogP contribution in [0.1, 0.15) is 12.8 Å².